The first kappa shape index (κ1) is 15.2. The SMILES string of the molecule is CC(C)CC(CN)C(=O)NC(C)Cc1ccsc1. The summed E-state index contributed by atoms with van der Waals surface area (Å²) in [5, 5.41) is 7.24. The van der Waals surface area contributed by atoms with E-state index in [9.17, 15) is 4.79 Å². The first-order valence-electron chi connectivity index (χ1n) is 6.54. The minimum atomic E-state index is -0.0603. The summed E-state index contributed by atoms with van der Waals surface area (Å²) >= 11 is 1.69. The molecule has 0 aromatic carbocycles. The van der Waals surface area contributed by atoms with Crippen molar-refractivity contribution in [3.8, 4) is 0 Å². The van der Waals surface area contributed by atoms with Gasteiger partial charge in [-0.3, -0.25) is 4.79 Å². The minimum Gasteiger partial charge on any atom is -0.353 e. The highest BCUT2D eigenvalue weighted by atomic mass is 32.1. The van der Waals surface area contributed by atoms with Crippen molar-refractivity contribution in [1.29, 1.82) is 0 Å². The van der Waals surface area contributed by atoms with E-state index < -0.39 is 0 Å². The Morgan fingerprint density at radius 2 is 2.17 bits per heavy atom. The van der Waals surface area contributed by atoms with Crippen LogP contribution in [0.25, 0.3) is 0 Å². The highest BCUT2D eigenvalue weighted by Gasteiger charge is 2.19. The summed E-state index contributed by atoms with van der Waals surface area (Å²) in [7, 11) is 0. The maximum atomic E-state index is 12.1. The Balaban J connectivity index is 2.42. The zero-order valence-electron chi connectivity index (χ0n) is 11.5. The van der Waals surface area contributed by atoms with E-state index in [-0.39, 0.29) is 17.9 Å². The standard InChI is InChI=1S/C14H24N2OS/c1-10(2)6-13(8-15)14(17)16-11(3)7-12-4-5-18-9-12/h4-5,9-11,13H,6-8,15H2,1-3H3,(H,16,17). The Labute approximate surface area is 114 Å². The number of nitrogens with two attached hydrogens (primary N) is 1. The van der Waals surface area contributed by atoms with Gasteiger partial charge in [-0.2, -0.15) is 11.3 Å². The van der Waals surface area contributed by atoms with E-state index in [1.54, 1.807) is 11.3 Å². The molecule has 0 aliphatic rings. The zero-order valence-corrected chi connectivity index (χ0v) is 12.3. The van der Waals surface area contributed by atoms with Gasteiger partial charge in [0, 0.05) is 12.6 Å². The quantitative estimate of drug-likeness (QED) is 0.798. The van der Waals surface area contributed by atoms with Crippen LogP contribution in [0.15, 0.2) is 16.8 Å². The Kier molecular flexibility index (Phi) is 6.36. The number of thiophene rings is 1. The second kappa shape index (κ2) is 7.54. The van der Waals surface area contributed by atoms with Gasteiger partial charge in [-0.15, -0.1) is 0 Å². The van der Waals surface area contributed by atoms with Crippen molar-refractivity contribution in [1.82, 2.24) is 5.32 Å². The second-order valence-electron chi connectivity index (χ2n) is 5.31. The van der Waals surface area contributed by atoms with Crippen LogP contribution >= 0.6 is 11.3 Å². The summed E-state index contributed by atoms with van der Waals surface area (Å²) in [4.78, 5) is 12.1. The van der Waals surface area contributed by atoms with E-state index in [2.05, 4.69) is 36.0 Å². The third-order valence-corrected chi connectivity index (χ3v) is 3.65. The van der Waals surface area contributed by atoms with Crippen molar-refractivity contribution >= 4 is 17.2 Å². The topological polar surface area (TPSA) is 55.1 Å². The van der Waals surface area contributed by atoms with Crippen LogP contribution in [0.2, 0.25) is 0 Å². The molecule has 4 heteroatoms. The van der Waals surface area contributed by atoms with Crippen molar-refractivity contribution in [3.05, 3.63) is 22.4 Å². The molecule has 1 aromatic heterocycles. The number of amides is 1. The minimum absolute atomic E-state index is 0.0603. The molecule has 1 amide bonds. The normalized spacial score (nSPS) is 14.5. The summed E-state index contributed by atoms with van der Waals surface area (Å²) in [5.74, 6) is 0.528. The van der Waals surface area contributed by atoms with E-state index in [1.807, 2.05) is 6.92 Å². The Morgan fingerprint density at radius 1 is 1.44 bits per heavy atom. The lowest BCUT2D eigenvalue weighted by molar-refractivity contribution is -0.125. The molecule has 0 saturated heterocycles. The lowest BCUT2D eigenvalue weighted by atomic mass is 9.96. The zero-order chi connectivity index (χ0) is 13.5. The van der Waals surface area contributed by atoms with E-state index in [0.717, 1.165) is 12.8 Å². The van der Waals surface area contributed by atoms with Crippen LogP contribution in [0.5, 0.6) is 0 Å². The van der Waals surface area contributed by atoms with Crippen molar-refractivity contribution < 1.29 is 4.79 Å². The molecule has 2 atom stereocenters. The summed E-state index contributed by atoms with van der Waals surface area (Å²) in [6.07, 6.45) is 1.74. The molecule has 1 aromatic rings. The lowest BCUT2D eigenvalue weighted by Gasteiger charge is -2.20. The molecule has 0 aliphatic carbocycles. The van der Waals surface area contributed by atoms with Crippen molar-refractivity contribution in [3.63, 3.8) is 0 Å². The Bertz CT molecular complexity index is 349. The molecule has 3 nitrogen and oxygen atoms in total. The number of nitrogens with one attached hydrogen (secondary N) is 1. The van der Waals surface area contributed by atoms with Crippen molar-refractivity contribution in [2.75, 3.05) is 6.54 Å². The summed E-state index contributed by atoms with van der Waals surface area (Å²) < 4.78 is 0. The van der Waals surface area contributed by atoms with E-state index >= 15 is 0 Å². The Hall–Kier alpha value is -0.870. The smallest absolute Gasteiger partial charge is 0.224 e. The van der Waals surface area contributed by atoms with Gasteiger partial charge in [-0.1, -0.05) is 13.8 Å². The molecule has 0 aliphatic heterocycles. The largest absolute Gasteiger partial charge is 0.353 e. The highest BCUT2D eigenvalue weighted by molar-refractivity contribution is 7.07. The van der Waals surface area contributed by atoms with Crippen molar-refractivity contribution in [2.24, 2.45) is 17.6 Å². The van der Waals surface area contributed by atoms with Gasteiger partial charge in [0.05, 0.1) is 5.92 Å². The van der Waals surface area contributed by atoms with Gasteiger partial charge in [0.2, 0.25) is 5.91 Å². The number of carbonyl (C=O) groups is 1. The van der Waals surface area contributed by atoms with Gasteiger partial charge in [-0.05, 0) is 48.1 Å². The third-order valence-electron chi connectivity index (χ3n) is 2.92. The van der Waals surface area contributed by atoms with Gasteiger partial charge < -0.3 is 11.1 Å². The fourth-order valence-electron chi connectivity index (χ4n) is 2.05. The van der Waals surface area contributed by atoms with Crippen LogP contribution in [0.4, 0.5) is 0 Å². The molecule has 102 valence electrons. The molecule has 2 unspecified atom stereocenters. The molecule has 1 heterocycles. The lowest BCUT2D eigenvalue weighted by Crippen LogP contribution is -2.41. The van der Waals surface area contributed by atoms with Crippen LogP contribution in [-0.2, 0) is 11.2 Å². The second-order valence-corrected chi connectivity index (χ2v) is 6.09. The van der Waals surface area contributed by atoms with Gasteiger partial charge in [-0.25, -0.2) is 0 Å². The molecular weight excluding hydrogens is 244 g/mol. The fraction of sp³-hybridized carbons (Fsp3) is 0.643. The molecule has 0 radical (unpaired) electrons. The van der Waals surface area contributed by atoms with Gasteiger partial charge >= 0.3 is 0 Å². The Morgan fingerprint density at radius 3 is 2.67 bits per heavy atom. The summed E-state index contributed by atoms with van der Waals surface area (Å²) in [6, 6.07) is 2.26. The van der Waals surface area contributed by atoms with Gasteiger partial charge in [0.25, 0.3) is 0 Å². The van der Waals surface area contributed by atoms with Crippen LogP contribution in [-0.4, -0.2) is 18.5 Å². The van der Waals surface area contributed by atoms with E-state index in [4.69, 9.17) is 5.73 Å². The van der Waals surface area contributed by atoms with E-state index in [0.29, 0.717) is 12.5 Å². The number of carbonyl (C=O) groups excluding carboxylic acids is 1. The molecule has 3 N–H and O–H groups in total. The van der Waals surface area contributed by atoms with Crippen LogP contribution in [0.3, 0.4) is 0 Å². The predicted octanol–water partition coefficient (Wildman–Crippen LogP) is 2.42. The molecule has 0 bridgehead atoms. The third kappa shape index (κ3) is 5.19. The first-order chi connectivity index (χ1) is 8.52. The van der Waals surface area contributed by atoms with E-state index in [1.165, 1.54) is 5.56 Å². The fourth-order valence-corrected chi connectivity index (χ4v) is 2.73. The monoisotopic (exact) mass is 268 g/mol. The highest BCUT2D eigenvalue weighted by Crippen LogP contribution is 2.12. The average Bonchev–Trinajstić information content (AvgIpc) is 2.77. The first-order valence-corrected chi connectivity index (χ1v) is 7.48. The maximum Gasteiger partial charge on any atom is 0.224 e. The average molecular weight is 268 g/mol. The van der Waals surface area contributed by atoms with Crippen LogP contribution in [0.1, 0.15) is 32.8 Å². The molecule has 1 rings (SSSR count). The summed E-state index contributed by atoms with van der Waals surface area (Å²) in [5.41, 5.74) is 6.95. The number of hydrogen-bond donors (Lipinski definition) is 2. The van der Waals surface area contributed by atoms with Crippen LogP contribution in [0, 0.1) is 11.8 Å². The number of hydrogen-bond acceptors (Lipinski definition) is 3. The summed E-state index contributed by atoms with van der Waals surface area (Å²) in [6.45, 7) is 6.70. The molecule has 0 fully saturated rings. The van der Waals surface area contributed by atoms with Crippen molar-refractivity contribution in [2.45, 2.75) is 39.7 Å². The van der Waals surface area contributed by atoms with Gasteiger partial charge in [0.1, 0.15) is 0 Å². The van der Waals surface area contributed by atoms with Gasteiger partial charge in [0.15, 0.2) is 0 Å². The molecule has 0 spiro atoms. The molecule has 18 heavy (non-hydrogen) atoms. The molecule has 0 saturated carbocycles. The molecular formula is C14H24N2OS. The van der Waals surface area contributed by atoms with Crippen LogP contribution < -0.4 is 11.1 Å². The predicted molar refractivity (Wildman–Crippen MR) is 77.6 cm³/mol. The number of rotatable bonds is 7. The maximum absolute atomic E-state index is 12.1.